The quantitative estimate of drug-likeness (QED) is 0.540. The lowest BCUT2D eigenvalue weighted by molar-refractivity contribution is -0.0514. The van der Waals surface area contributed by atoms with Gasteiger partial charge in [0.15, 0.2) is 17.3 Å². The first kappa shape index (κ1) is 18.4. The van der Waals surface area contributed by atoms with Crippen molar-refractivity contribution < 1.29 is 36.7 Å². The van der Waals surface area contributed by atoms with E-state index < -0.39 is 12.6 Å². The Balaban J connectivity index is 1.66. The third-order valence-electron chi connectivity index (χ3n) is 3.37. The summed E-state index contributed by atoms with van der Waals surface area (Å²) in [7, 11) is 0. The first-order chi connectivity index (χ1) is 13.1. The van der Waals surface area contributed by atoms with Gasteiger partial charge in [-0.05, 0) is 37.3 Å². The van der Waals surface area contributed by atoms with Crippen molar-refractivity contribution in [3.63, 3.8) is 0 Å². The molecule has 0 atom stereocenters. The molecule has 2 heterocycles. The Kier molecular flexibility index (Phi) is 5.70. The van der Waals surface area contributed by atoms with E-state index in [-0.39, 0.29) is 30.3 Å². The summed E-state index contributed by atoms with van der Waals surface area (Å²) in [6.07, 6.45) is 1.49. The molecule has 3 rings (SSSR count). The molecular weight excluding hydrogens is 364 g/mol. The second-order valence-electron chi connectivity index (χ2n) is 5.21. The molecule has 0 saturated heterocycles. The molecule has 0 radical (unpaired) electrons. The predicted molar refractivity (Wildman–Crippen MR) is 87.6 cm³/mol. The lowest BCUT2D eigenvalue weighted by atomic mass is 10.2. The minimum absolute atomic E-state index is 0.0220. The normalized spacial score (nSPS) is 10.8. The van der Waals surface area contributed by atoms with Gasteiger partial charge in [-0.1, -0.05) is 5.16 Å². The topological polar surface area (TPSA) is 83.9 Å². The average molecular weight is 379 g/mol. The lowest BCUT2D eigenvalue weighted by Crippen LogP contribution is -2.08. The average Bonchev–Trinajstić information content (AvgIpc) is 3.32. The van der Waals surface area contributed by atoms with Gasteiger partial charge in [0.1, 0.15) is 12.3 Å². The van der Waals surface area contributed by atoms with E-state index in [0.29, 0.717) is 17.2 Å². The van der Waals surface area contributed by atoms with Gasteiger partial charge in [0.2, 0.25) is 5.76 Å². The van der Waals surface area contributed by atoms with Gasteiger partial charge < -0.3 is 23.2 Å². The molecule has 0 aliphatic heterocycles. The van der Waals surface area contributed by atoms with Gasteiger partial charge in [-0.25, -0.2) is 4.79 Å². The number of esters is 1. The number of carbonyl (C=O) groups is 1. The minimum atomic E-state index is -3.00. The highest BCUT2D eigenvalue weighted by Gasteiger charge is 2.16. The first-order valence-electron chi connectivity index (χ1n) is 7.95. The summed E-state index contributed by atoms with van der Waals surface area (Å²) < 4.78 is 49.9. The molecule has 0 N–H and O–H groups in total. The van der Waals surface area contributed by atoms with Crippen molar-refractivity contribution in [1.29, 1.82) is 0 Å². The van der Waals surface area contributed by atoms with Gasteiger partial charge in [0, 0.05) is 6.07 Å². The molecular formula is C18H15F2NO6. The Labute approximate surface area is 152 Å². The van der Waals surface area contributed by atoms with E-state index in [9.17, 15) is 13.6 Å². The number of hydrogen-bond acceptors (Lipinski definition) is 7. The van der Waals surface area contributed by atoms with Gasteiger partial charge in [-0.2, -0.15) is 8.78 Å². The summed E-state index contributed by atoms with van der Waals surface area (Å²) in [6.45, 7) is -1.25. The molecule has 0 aliphatic rings. The predicted octanol–water partition coefficient (Wildman–Crippen LogP) is 4.29. The molecule has 0 saturated carbocycles. The van der Waals surface area contributed by atoms with Crippen LogP contribution in [-0.2, 0) is 11.3 Å². The zero-order valence-corrected chi connectivity index (χ0v) is 14.2. The van der Waals surface area contributed by atoms with Gasteiger partial charge in [-0.15, -0.1) is 0 Å². The van der Waals surface area contributed by atoms with Crippen LogP contribution in [0.25, 0.3) is 11.5 Å². The number of rotatable bonds is 8. The summed E-state index contributed by atoms with van der Waals surface area (Å²) in [4.78, 5) is 12.2. The van der Waals surface area contributed by atoms with E-state index >= 15 is 0 Å². The number of nitrogens with zero attached hydrogens (tertiary/aromatic N) is 1. The fraction of sp³-hybridized carbons (Fsp3) is 0.222. The molecule has 142 valence electrons. The van der Waals surface area contributed by atoms with Crippen LogP contribution in [0.4, 0.5) is 8.78 Å². The summed E-state index contributed by atoms with van der Waals surface area (Å²) in [5, 5.41) is 3.79. The summed E-state index contributed by atoms with van der Waals surface area (Å²) in [5.74, 6) is 0.0770. The number of hydrogen-bond donors (Lipinski definition) is 0. The highest BCUT2D eigenvalue weighted by molar-refractivity contribution is 5.90. The number of halogens is 2. The molecule has 0 spiro atoms. The number of alkyl halides is 2. The third-order valence-corrected chi connectivity index (χ3v) is 3.37. The van der Waals surface area contributed by atoms with Crippen LogP contribution in [0.15, 0.2) is 51.6 Å². The van der Waals surface area contributed by atoms with E-state index in [4.69, 9.17) is 18.4 Å². The van der Waals surface area contributed by atoms with Crippen LogP contribution in [0.5, 0.6) is 11.5 Å². The van der Waals surface area contributed by atoms with Crippen molar-refractivity contribution in [1.82, 2.24) is 5.16 Å². The van der Waals surface area contributed by atoms with Crippen molar-refractivity contribution >= 4 is 5.97 Å². The maximum Gasteiger partial charge on any atom is 0.387 e. The van der Waals surface area contributed by atoms with Crippen molar-refractivity contribution in [2.45, 2.75) is 20.1 Å². The Bertz CT molecular complexity index is 891. The fourth-order valence-electron chi connectivity index (χ4n) is 2.23. The van der Waals surface area contributed by atoms with Crippen LogP contribution in [0, 0.1) is 0 Å². The Morgan fingerprint density at radius 2 is 2.04 bits per heavy atom. The van der Waals surface area contributed by atoms with Crippen LogP contribution >= 0.6 is 0 Å². The highest BCUT2D eigenvalue weighted by atomic mass is 19.3. The molecule has 0 fully saturated rings. The molecule has 0 bridgehead atoms. The van der Waals surface area contributed by atoms with Crippen LogP contribution in [-0.4, -0.2) is 24.3 Å². The first-order valence-corrected chi connectivity index (χ1v) is 7.95. The lowest BCUT2D eigenvalue weighted by Gasteiger charge is -2.12. The summed E-state index contributed by atoms with van der Waals surface area (Å²) >= 11 is 0. The van der Waals surface area contributed by atoms with E-state index in [2.05, 4.69) is 9.89 Å². The zero-order valence-electron chi connectivity index (χ0n) is 14.2. The fourth-order valence-corrected chi connectivity index (χ4v) is 2.23. The smallest absolute Gasteiger partial charge is 0.387 e. The molecule has 2 aromatic heterocycles. The van der Waals surface area contributed by atoms with Crippen molar-refractivity contribution in [3.05, 3.63) is 53.9 Å². The standard InChI is InChI=1S/C18H15F2NO6/c1-2-23-15-8-11(5-6-14(15)26-18(19)20)17(22)25-10-12-9-16(27-21-12)13-4-3-7-24-13/h3-9,18H,2,10H2,1H3. The second-order valence-corrected chi connectivity index (χ2v) is 5.21. The number of aromatic nitrogens is 1. The van der Waals surface area contributed by atoms with Gasteiger partial charge in [-0.3, -0.25) is 0 Å². The van der Waals surface area contributed by atoms with Crippen LogP contribution in [0.1, 0.15) is 23.0 Å². The van der Waals surface area contributed by atoms with Crippen molar-refractivity contribution in [3.8, 4) is 23.0 Å². The van der Waals surface area contributed by atoms with Gasteiger partial charge >= 0.3 is 12.6 Å². The minimum Gasteiger partial charge on any atom is -0.490 e. The molecule has 3 aromatic rings. The van der Waals surface area contributed by atoms with Crippen molar-refractivity contribution in [2.75, 3.05) is 6.61 Å². The van der Waals surface area contributed by atoms with E-state index in [1.54, 1.807) is 25.1 Å². The summed E-state index contributed by atoms with van der Waals surface area (Å²) in [5.41, 5.74) is 0.507. The third kappa shape index (κ3) is 4.63. The Morgan fingerprint density at radius 3 is 2.74 bits per heavy atom. The zero-order chi connectivity index (χ0) is 19.2. The number of ether oxygens (including phenoxy) is 3. The number of benzene rings is 1. The van der Waals surface area contributed by atoms with E-state index in [1.807, 2.05) is 0 Å². The molecule has 0 amide bonds. The maximum atomic E-state index is 12.4. The largest absolute Gasteiger partial charge is 0.490 e. The monoisotopic (exact) mass is 379 g/mol. The molecule has 0 aliphatic carbocycles. The maximum absolute atomic E-state index is 12.4. The van der Waals surface area contributed by atoms with Gasteiger partial charge in [0.05, 0.1) is 18.4 Å². The molecule has 27 heavy (non-hydrogen) atoms. The molecule has 7 nitrogen and oxygen atoms in total. The van der Waals surface area contributed by atoms with Gasteiger partial charge in [0.25, 0.3) is 0 Å². The number of carbonyl (C=O) groups excluding carboxylic acids is 1. The van der Waals surface area contributed by atoms with E-state index in [0.717, 1.165) is 0 Å². The van der Waals surface area contributed by atoms with Crippen LogP contribution < -0.4 is 9.47 Å². The van der Waals surface area contributed by atoms with E-state index in [1.165, 1.54) is 24.5 Å². The van der Waals surface area contributed by atoms with Crippen LogP contribution in [0.3, 0.4) is 0 Å². The highest BCUT2D eigenvalue weighted by Crippen LogP contribution is 2.30. The SMILES string of the molecule is CCOc1cc(C(=O)OCc2cc(-c3ccco3)on2)ccc1OC(F)F. The molecule has 0 unspecified atom stereocenters. The Hall–Kier alpha value is -3.36. The van der Waals surface area contributed by atoms with Crippen molar-refractivity contribution in [2.24, 2.45) is 0 Å². The summed E-state index contributed by atoms with van der Waals surface area (Å²) in [6, 6.07) is 8.79. The molecule has 1 aromatic carbocycles. The Morgan fingerprint density at radius 1 is 1.19 bits per heavy atom. The second kappa shape index (κ2) is 8.35. The molecule has 9 heteroatoms. The number of furan rings is 1. The van der Waals surface area contributed by atoms with Crippen LogP contribution in [0.2, 0.25) is 0 Å².